The third-order valence-electron chi connectivity index (χ3n) is 5.53. The van der Waals surface area contributed by atoms with Crippen molar-refractivity contribution >= 4 is 15.5 Å². The Morgan fingerprint density at radius 3 is 2.64 bits per heavy atom. The molecular formula is C21H29NO2S. The van der Waals surface area contributed by atoms with Crippen LogP contribution in [-0.2, 0) is 9.84 Å². The van der Waals surface area contributed by atoms with Crippen molar-refractivity contribution in [3.63, 3.8) is 0 Å². The quantitative estimate of drug-likeness (QED) is 0.734. The summed E-state index contributed by atoms with van der Waals surface area (Å²) < 4.78 is 26.3. The van der Waals surface area contributed by atoms with Crippen LogP contribution >= 0.6 is 0 Å². The highest BCUT2D eigenvalue weighted by Gasteiger charge is 2.39. The fourth-order valence-electron chi connectivity index (χ4n) is 3.98. The molecule has 0 saturated carbocycles. The van der Waals surface area contributed by atoms with Gasteiger partial charge in [0.2, 0.25) is 0 Å². The van der Waals surface area contributed by atoms with Crippen LogP contribution in [0.3, 0.4) is 0 Å². The summed E-state index contributed by atoms with van der Waals surface area (Å²) in [7, 11) is -3.34. The summed E-state index contributed by atoms with van der Waals surface area (Å²) in [5.41, 5.74) is 2.49. The van der Waals surface area contributed by atoms with Gasteiger partial charge in [-0.3, -0.25) is 4.99 Å². The smallest absolute Gasteiger partial charge is 0.181 e. The Morgan fingerprint density at radius 2 is 1.96 bits per heavy atom. The molecule has 0 amide bonds. The van der Waals surface area contributed by atoms with E-state index in [2.05, 4.69) is 19.9 Å². The Hall–Kier alpha value is -1.42. The second-order valence-electron chi connectivity index (χ2n) is 7.37. The van der Waals surface area contributed by atoms with E-state index < -0.39 is 15.4 Å². The maximum atomic E-state index is 13.2. The summed E-state index contributed by atoms with van der Waals surface area (Å²) in [6.45, 7) is 4.23. The van der Waals surface area contributed by atoms with Gasteiger partial charge in [0.05, 0.1) is 21.9 Å². The molecule has 0 aromatic heterocycles. The molecule has 2 aliphatic rings. The number of hydrogen-bond donors (Lipinski definition) is 0. The lowest BCUT2D eigenvalue weighted by Gasteiger charge is -2.28. The van der Waals surface area contributed by atoms with Gasteiger partial charge in [-0.1, -0.05) is 51.0 Å². The van der Waals surface area contributed by atoms with Crippen LogP contribution in [0, 0.1) is 0 Å². The van der Waals surface area contributed by atoms with E-state index in [-0.39, 0.29) is 5.75 Å². The molecule has 3 nitrogen and oxygen atoms in total. The molecule has 1 unspecified atom stereocenters. The maximum absolute atomic E-state index is 13.2. The van der Waals surface area contributed by atoms with Crippen LogP contribution < -0.4 is 0 Å². The van der Waals surface area contributed by atoms with Gasteiger partial charge >= 0.3 is 0 Å². The third kappa shape index (κ3) is 3.74. The number of allylic oxidation sites excluding steroid dienone is 2. The van der Waals surface area contributed by atoms with Gasteiger partial charge in [-0.2, -0.15) is 0 Å². The van der Waals surface area contributed by atoms with Gasteiger partial charge in [-0.15, -0.1) is 0 Å². The molecule has 0 bridgehead atoms. The number of sulfone groups is 1. The second kappa shape index (κ2) is 7.45. The van der Waals surface area contributed by atoms with Crippen molar-refractivity contribution < 1.29 is 8.42 Å². The molecule has 0 saturated heterocycles. The third-order valence-corrected chi connectivity index (χ3v) is 7.48. The first-order valence-electron chi connectivity index (χ1n) is 9.63. The highest BCUT2D eigenvalue weighted by atomic mass is 32.2. The van der Waals surface area contributed by atoms with E-state index >= 15 is 0 Å². The molecule has 25 heavy (non-hydrogen) atoms. The van der Waals surface area contributed by atoms with Gasteiger partial charge in [0.1, 0.15) is 0 Å². The predicted molar refractivity (Wildman–Crippen MR) is 104 cm³/mol. The highest BCUT2D eigenvalue weighted by Crippen LogP contribution is 2.36. The van der Waals surface area contributed by atoms with Crippen molar-refractivity contribution in [1.29, 1.82) is 0 Å². The van der Waals surface area contributed by atoms with E-state index in [9.17, 15) is 8.42 Å². The monoisotopic (exact) mass is 359 g/mol. The number of rotatable bonds is 5. The first kappa shape index (κ1) is 18.4. The van der Waals surface area contributed by atoms with Crippen LogP contribution in [0.5, 0.6) is 0 Å². The Balaban J connectivity index is 2.21. The van der Waals surface area contributed by atoms with Crippen LogP contribution in [-0.4, -0.2) is 25.4 Å². The van der Waals surface area contributed by atoms with Crippen molar-refractivity contribution in [3.8, 4) is 0 Å². The van der Waals surface area contributed by atoms with Crippen LogP contribution in [0.25, 0.3) is 0 Å². The van der Waals surface area contributed by atoms with Gasteiger partial charge in [-0.25, -0.2) is 8.42 Å². The molecule has 0 radical (unpaired) electrons. The minimum atomic E-state index is -3.34. The molecule has 1 heterocycles. The zero-order chi connectivity index (χ0) is 17.9. The number of nitrogens with zero attached hydrogens (tertiary/aromatic N) is 1. The molecule has 1 atom stereocenters. The van der Waals surface area contributed by atoms with Crippen molar-refractivity contribution in [2.45, 2.75) is 75.6 Å². The van der Waals surface area contributed by atoms with E-state index in [0.717, 1.165) is 56.2 Å². The molecule has 1 aliphatic heterocycles. The Labute approximate surface area is 152 Å². The van der Waals surface area contributed by atoms with E-state index in [4.69, 9.17) is 4.99 Å². The average molecular weight is 360 g/mol. The summed E-state index contributed by atoms with van der Waals surface area (Å²) in [4.78, 5) is 5.66. The average Bonchev–Trinajstić information content (AvgIpc) is 2.74. The summed E-state index contributed by atoms with van der Waals surface area (Å²) in [6.07, 6.45) is 10.4. The SMILES string of the molecule is CCCCC1(CC)CS(=O)(=O)c2ccccc2C(C2=CCCCC2)=N1. The minimum absolute atomic E-state index is 0.129. The summed E-state index contributed by atoms with van der Waals surface area (Å²) in [5.74, 6) is 0.129. The lowest BCUT2D eigenvalue weighted by molar-refractivity contribution is 0.407. The van der Waals surface area contributed by atoms with Gasteiger partial charge in [0, 0.05) is 5.56 Å². The van der Waals surface area contributed by atoms with Gasteiger partial charge in [-0.05, 0) is 50.2 Å². The number of hydrogen-bond acceptors (Lipinski definition) is 3. The highest BCUT2D eigenvalue weighted by molar-refractivity contribution is 7.91. The topological polar surface area (TPSA) is 46.5 Å². The number of fused-ring (bicyclic) bond motifs is 1. The summed E-state index contributed by atoms with van der Waals surface area (Å²) in [6, 6.07) is 7.45. The Morgan fingerprint density at radius 1 is 1.16 bits per heavy atom. The minimum Gasteiger partial charge on any atom is -0.277 e. The lowest BCUT2D eigenvalue weighted by Crippen LogP contribution is -2.34. The van der Waals surface area contributed by atoms with Crippen LogP contribution in [0.15, 0.2) is 45.8 Å². The van der Waals surface area contributed by atoms with Crippen LogP contribution in [0.4, 0.5) is 0 Å². The maximum Gasteiger partial charge on any atom is 0.181 e. The molecule has 0 N–H and O–H groups in total. The zero-order valence-corrected chi connectivity index (χ0v) is 16.2. The Bertz CT molecular complexity index is 792. The molecular weight excluding hydrogens is 330 g/mol. The van der Waals surface area contributed by atoms with Crippen LogP contribution in [0.2, 0.25) is 0 Å². The van der Waals surface area contributed by atoms with Crippen LogP contribution in [0.1, 0.15) is 70.8 Å². The van der Waals surface area contributed by atoms with Crippen molar-refractivity contribution in [2.24, 2.45) is 4.99 Å². The largest absolute Gasteiger partial charge is 0.277 e. The molecule has 1 aromatic rings. The number of aliphatic imine (C=N–C) groups is 1. The Kier molecular flexibility index (Phi) is 5.47. The summed E-state index contributed by atoms with van der Waals surface area (Å²) in [5, 5.41) is 0. The zero-order valence-electron chi connectivity index (χ0n) is 15.4. The first-order chi connectivity index (χ1) is 12.0. The van der Waals surface area contributed by atoms with Crippen molar-refractivity contribution in [1.82, 2.24) is 0 Å². The normalized spacial score (nSPS) is 25.5. The fourth-order valence-corrected chi connectivity index (χ4v) is 6.05. The molecule has 1 aliphatic carbocycles. The van der Waals surface area contributed by atoms with E-state index in [1.807, 2.05) is 18.2 Å². The number of unbranched alkanes of at least 4 members (excludes halogenated alkanes) is 1. The van der Waals surface area contributed by atoms with Crippen molar-refractivity contribution in [2.75, 3.05) is 5.75 Å². The molecule has 0 spiro atoms. The molecule has 0 fully saturated rings. The van der Waals surface area contributed by atoms with Gasteiger partial charge in [0.25, 0.3) is 0 Å². The van der Waals surface area contributed by atoms with Gasteiger partial charge in [0.15, 0.2) is 9.84 Å². The second-order valence-corrected chi connectivity index (χ2v) is 9.33. The first-order valence-corrected chi connectivity index (χ1v) is 11.3. The number of benzene rings is 1. The fraction of sp³-hybridized carbons (Fsp3) is 0.571. The van der Waals surface area contributed by atoms with Crippen molar-refractivity contribution in [3.05, 3.63) is 41.5 Å². The van der Waals surface area contributed by atoms with E-state index in [0.29, 0.717) is 4.90 Å². The predicted octanol–water partition coefficient (Wildman–Crippen LogP) is 5.10. The molecule has 3 rings (SSSR count). The van der Waals surface area contributed by atoms with Gasteiger partial charge < -0.3 is 0 Å². The lowest BCUT2D eigenvalue weighted by atomic mass is 9.88. The van der Waals surface area contributed by atoms with E-state index in [1.54, 1.807) is 6.07 Å². The summed E-state index contributed by atoms with van der Waals surface area (Å²) >= 11 is 0. The standard InChI is InChI=1S/C21H29NO2S/c1-3-5-15-21(4-2)16-25(23,24)19-14-10-9-13-18(19)20(22-21)17-11-7-6-8-12-17/h9-11,13-14H,3-8,12,15-16H2,1-2H3. The van der Waals surface area contributed by atoms with E-state index in [1.165, 1.54) is 12.0 Å². The molecule has 136 valence electrons. The molecule has 1 aromatic carbocycles. The molecule has 4 heteroatoms.